The topological polar surface area (TPSA) is 137 Å². The van der Waals surface area contributed by atoms with E-state index in [2.05, 4.69) is 13.2 Å². The zero-order valence-electron chi connectivity index (χ0n) is 8.27. The summed E-state index contributed by atoms with van der Waals surface area (Å²) in [6.07, 6.45) is 0. The molecular weight excluding hydrogens is 288 g/mol. The van der Waals surface area contributed by atoms with E-state index in [0.717, 1.165) is 0 Å². The Morgan fingerprint density at radius 2 is 0.933 bits per heavy atom. The van der Waals surface area contributed by atoms with Crippen LogP contribution in [-0.4, -0.2) is 11.9 Å². The maximum absolute atomic E-state index is 9.49. The fourth-order valence-corrected chi connectivity index (χ4v) is 0. The quantitative estimate of drug-likeness (QED) is 0.447. The first-order valence-electron chi connectivity index (χ1n) is 3.02. The number of rotatable bonds is 2. The van der Waals surface area contributed by atoms with Crippen molar-refractivity contribution in [2.45, 2.75) is 13.8 Å². The van der Waals surface area contributed by atoms with E-state index in [0.29, 0.717) is 0 Å². The molecule has 0 fully saturated rings. The number of aliphatic carboxylic acids is 2. The van der Waals surface area contributed by atoms with E-state index in [1.807, 2.05) is 0 Å². The van der Waals surface area contributed by atoms with E-state index < -0.39 is 11.9 Å². The molecule has 0 amide bonds. The Kier molecular flexibility index (Phi) is 30.2. The van der Waals surface area contributed by atoms with Gasteiger partial charge in [-0.2, -0.15) is 0 Å². The summed E-state index contributed by atoms with van der Waals surface area (Å²) in [7, 11) is 0. The van der Waals surface area contributed by atoms with Crippen LogP contribution in [0.1, 0.15) is 13.8 Å². The van der Waals surface area contributed by atoms with Gasteiger partial charge in [-0.25, -0.2) is 0 Å². The van der Waals surface area contributed by atoms with E-state index in [1.54, 1.807) is 0 Å². The van der Waals surface area contributed by atoms with Crippen LogP contribution in [0.5, 0.6) is 0 Å². The Bertz CT molecular complexity index is 175. The largest absolute Gasteiger partial charge is 6.00 e. The summed E-state index contributed by atoms with van der Waals surface area (Å²) in [5.41, 5.74) is 0.130. The molecule has 15 heavy (non-hydrogen) atoms. The molecule has 7 heteroatoms. The van der Waals surface area contributed by atoms with Crippen molar-refractivity contribution in [2.75, 3.05) is 0 Å². The second-order valence-electron chi connectivity index (χ2n) is 2.14. The van der Waals surface area contributed by atoms with E-state index in [4.69, 9.17) is 0 Å². The molecule has 0 saturated carbocycles. The van der Waals surface area contributed by atoms with Crippen LogP contribution in [0.3, 0.4) is 0 Å². The van der Waals surface area contributed by atoms with E-state index in [-0.39, 0.29) is 43.2 Å². The van der Waals surface area contributed by atoms with Gasteiger partial charge in [-0.15, -0.1) is 0 Å². The third kappa shape index (κ3) is 32.1. The molecule has 0 rings (SSSR count). The fourth-order valence-electron chi connectivity index (χ4n) is 0. The Labute approximate surface area is 102 Å². The third-order valence-electron chi connectivity index (χ3n) is 0.697. The summed E-state index contributed by atoms with van der Waals surface area (Å²) in [4.78, 5) is 19.0. The first kappa shape index (κ1) is 29.2. The van der Waals surface area contributed by atoms with Crippen molar-refractivity contribution in [2.24, 2.45) is 0 Å². The van der Waals surface area contributed by atoms with Crippen LogP contribution < -0.4 is 10.2 Å². The van der Waals surface area contributed by atoms with Gasteiger partial charge in [0.05, 0.1) is 11.9 Å². The average molecular weight is 298 g/mol. The predicted molar refractivity (Wildman–Crippen MR) is 41.0 cm³/mol. The molecule has 0 spiro atoms. The smallest absolute Gasteiger partial charge is 2.00 e. The van der Waals surface area contributed by atoms with E-state index >= 15 is 0 Å². The molecule has 0 aliphatic rings. The predicted octanol–water partition coefficient (Wildman–Crippen LogP) is -1.62. The van der Waals surface area contributed by atoms with Crippen molar-refractivity contribution in [3.05, 3.63) is 24.3 Å². The van der Waals surface area contributed by atoms with Gasteiger partial charge in [0.1, 0.15) is 0 Å². The molecule has 0 aliphatic carbocycles. The van der Waals surface area contributed by atoms with Gasteiger partial charge in [0.25, 0.3) is 0 Å². The van der Waals surface area contributed by atoms with Gasteiger partial charge in [0, 0.05) is 0 Å². The van der Waals surface area contributed by atoms with Crippen molar-refractivity contribution in [1.82, 2.24) is 0 Å². The van der Waals surface area contributed by atoms with Crippen LogP contribution in [0.25, 0.3) is 0 Å². The maximum atomic E-state index is 9.49. The number of carboxylic acids is 2. The molecule has 0 unspecified atom stereocenters. The second kappa shape index (κ2) is 15.5. The molecule has 0 saturated heterocycles. The first-order chi connectivity index (χ1) is 5.29. The van der Waals surface area contributed by atoms with Gasteiger partial charge in [-0.1, -0.05) is 13.2 Å². The monoisotopic (exact) mass is 300 g/mol. The normalized spacial score (nSPS) is 6.00. The molecular formula is C8H10MoO6. The molecule has 0 aromatic heterocycles. The third-order valence-corrected chi connectivity index (χ3v) is 0.697. The van der Waals surface area contributed by atoms with Crippen LogP contribution in [0.2, 0.25) is 0 Å². The number of hydrogen-bond donors (Lipinski definition) is 0. The summed E-state index contributed by atoms with van der Waals surface area (Å²) in [6.45, 7) is 8.95. The SMILES string of the molecule is C=C(C)C(=O)[O-].C=C(C)C(=O)[O-].[Mo+6].[O-2].[O-2]. The molecule has 0 N–H and O–H groups in total. The van der Waals surface area contributed by atoms with E-state index in [9.17, 15) is 19.8 Å². The maximum Gasteiger partial charge on any atom is 6.00 e. The van der Waals surface area contributed by atoms with Gasteiger partial charge in [-0.3, -0.25) is 0 Å². The van der Waals surface area contributed by atoms with E-state index in [1.165, 1.54) is 13.8 Å². The molecule has 6 nitrogen and oxygen atoms in total. The average Bonchev–Trinajstić information content (AvgIpc) is 1.88. The van der Waals surface area contributed by atoms with Gasteiger partial charge in [0.2, 0.25) is 0 Å². The summed E-state index contributed by atoms with van der Waals surface area (Å²) >= 11 is 0. The molecule has 0 heterocycles. The second-order valence-corrected chi connectivity index (χ2v) is 2.14. The standard InChI is InChI=1S/2C4H6O2.Mo.2O/c2*1-3(2)4(5)6;;;/h2*1H2,2H3,(H,5,6);;;/q;;+6;2*-2/p-2. The van der Waals surface area contributed by atoms with Crippen LogP contribution in [0.15, 0.2) is 24.3 Å². The van der Waals surface area contributed by atoms with Crippen LogP contribution in [0, 0.1) is 0 Å². The van der Waals surface area contributed by atoms with Crippen molar-refractivity contribution in [3.63, 3.8) is 0 Å². The minimum absolute atomic E-state index is 0. The molecule has 0 aromatic carbocycles. The van der Waals surface area contributed by atoms with Crippen molar-refractivity contribution < 1.29 is 51.8 Å². The summed E-state index contributed by atoms with van der Waals surface area (Å²) < 4.78 is 0. The Morgan fingerprint density at radius 1 is 0.867 bits per heavy atom. The molecule has 0 atom stereocenters. The Hall–Kier alpha value is -0.972. The number of carbonyl (C=O) groups is 2. The number of carboxylic acid groups (broad SMARTS) is 2. The molecule has 0 aliphatic heterocycles. The zero-order valence-corrected chi connectivity index (χ0v) is 10.3. The van der Waals surface area contributed by atoms with Crippen LogP contribution >= 0.6 is 0 Å². The summed E-state index contributed by atoms with van der Waals surface area (Å²) in [5.74, 6) is -2.37. The molecule has 0 bridgehead atoms. The van der Waals surface area contributed by atoms with Gasteiger partial charge < -0.3 is 30.8 Å². The van der Waals surface area contributed by atoms with Crippen molar-refractivity contribution in [1.29, 1.82) is 0 Å². The minimum Gasteiger partial charge on any atom is -2.00 e. The Morgan fingerprint density at radius 3 is 0.933 bits per heavy atom. The minimum atomic E-state index is -1.19. The molecule has 84 valence electrons. The first-order valence-corrected chi connectivity index (χ1v) is 3.02. The summed E-state index contributed by atoms with van der Waals surface area (Å²) in [6, 6.07) is 0. The van der Waals surface area contributed by atoms with Crippen LogP contribution in [0.4, 0.5) is 0 Å². The van der Waals surface area contributed by atoms with Gasteiger partial charge in [-0.05, 0) is 25.0 Å². The van der Waals surface area contributed by atoms with Gasteiger partial charge >= 0.3 is 21.1 Å². The zero-order chi connectivity index (χ0) is 10.3. The number of carbonyl (C=O) groups excluding carboxylic acids is 2. The fraction of sp³-hybridized carbons (Fsp3) is 0.250. The van der Waals surface area contributed by atoms with Crippen LogP contribution in [-0.2, 0) is 41.6 Å². The van der Waals surface area contributed by atoms with Crippen molar-refractivity contribution in [3.8, 4) is 0 Å². The molecule has 0 radical (unpaired) electrons. The van der Waals surface area contributed by atoms with Gasteiger partial charge in [0.15, 0.2) is 0 Å². The Balaban J connectivity index is -0.0000000370. The molecule has 0 aromatic rings. The number of hydrogen-bond acceptors (Lipinski definition) is 4. The summed E-state index contributed by atoms with van der Waals surface area (Å²) in [5, 5.41) is 19.0. The van der Waals surface area contributed by atoms with Crippen molar-refractivity contribution >= 4 is 11.9 Å².